The summed E-state index contributed by atoms with van der Waals surface area (Å²) in [5.74, 6) is -0.205. The van der Waals surface area contributed by atoms with E-state index in [2.05, 4.69) is 0 Å². The van der Waals surface area contributed by atoms with Gasteiger partial charge in [-0.2, -0.15) is 13.2 Å². The number of hydrogen-bond acceptors (Lipinski definition) is 3. The van der Waals surface area contributed by atoms with Crippen molar-refractivity contribution < 1.29 is 22.8 Å². The molecular formula is C21H26F3N3O2. The van der Waals surface area contributed by atoms with Gasteiger partial charge >= 0.3 is 6.18 Å². The van der Waals surface area contributed by atoms with Gasteiger partial charge in [0.2, 0.25) is 11.8 Å². The van der Waals surface area contributed by atoms with E-state index in [0.29, 0.717) is 38.4 Å². The summed E-state index contributed by atoms with van der Waals surface area (Å²) in [6, 6.07) is 5.60. The SMILES string of the molecule is O=C([C@@H]1CC(=O)N(C2CCCC2)C1)N1CCN(c2cccc(C(F)(F)F)c2)CC1. The molecule has 1 aliphatic carbocycles. The highest BCUT2D eigenvalue weighted by Gasteiger charge is 2.40. The Morgan fingerprint density at radius 3 is 2.38 bits per heavy atom. The van der Waals surface area contributed by atoms with E-state index in [-0.39, 0.29) is 30.2 Å². The average Bonchev–Trinajstić information content (AvgIpc) is 3.36. The van der Waals surface area contributed by atoms with Crippen LogP contribution in [0.1, 0.15) is 37.7 Å². The summed E-state index contributed by atoms with van der Waals surface area (Å²) in [5.41, 5.74) is -0.139. The molecule has 1 atom stereocenters. The molecule has 0 unspecified atom stereocenters. The van der Waals surface area contributed by atoms with E-state index in [1.54, 1.807) is 11.0 Å². The molecule has 0 bridgehead atoms. The van der Waals surface area contributed by atoms with Crippen LogP contribution in [0, 0.1) is 5.92 Å². The molecule has 4 rings (SSSR count). The minimum absolute atomic E-state index is 0.00235. The number of amides is 2. The number of hydrogen-bond donors (Lipinski definition) is 0. The topological polar surface area (TPSA) is 43.9 Å². The van der Waals surface area contributed by atoms with Crippen LogP contribution in [0.25, 0.3) is 0 Å². The number of piperazine rings is 1. The number of rotatable bonds is 3. The third kappa shape index (κ3) is 4.21. The summed E-state index contributed by atoms with van der Waals surface area (Å²) in [5, 5.41) is 0. The number of alkyl halides is 3. The lowest BCUT2D eigenvalue weighted by molar-refractivity contribution is -0.137. The molecular weight excluding hydrogens is 383 g/mol. The van der Waals surface area contributed by atoms with E-state index in [9.17, 15) is 22.8 Å². The first-order valence-electron chi connectivity index (χ1n) is 10.3. The van der Waals surface area contributed by atoms with Crippen molar-refractivity contribution in [3.8, 4) is 0 Å². The molecule has 0 N–H and O–H groups in total. The van der Waals surface area contributed by atoms with Gasteiger partial charge in [0.05, 0.1) is 11.5 Å². The van der Waals surface area contributed by atoms with Gasteiger partial charge in [-0.15, -0.1) is 0 Å². The highest BCUT2D eigenvalue weighted by atomic mass is 19.4. The van der Waals surface area contributed by atoms with E-state index >= 15 is 0 Å². The Bertz CT molecular complexity index is 769. The molecule has 0 radical (unpaired) electrons. The second-order valence-electron chi connectivity index (χ2n) is 8.25. The molecule has 2 heterocycles. The van der Waals surface area contributed by atoms with Crippen LogP contribution in [0.3, 0.4) is 0 Å². The fourth-order valence-corrected chi connectivity index (χ4v) is 4.79. The molecule has 3 fully saturated rings. The number of benzene rings is 1. The zero-order valence-electron chi connectivity index (χ0n) is 16.3. The van der Waals surface area contributed by atoms with Gasteiger partial charge in [-0.05, 0) is 31.0 Å². The van der Waals surface area contributed by atoms with Crippen molar-refractivity contribution in [3.63, 3.8) is 0 Å². The van der Waals surface area contributed by atoms with E-state index in [1.807, 2.05) is 9.80 Å². The first-order valence-corrected chi connectivity index (χ1v) is 10.3. The first-order chi connectivity index (χ1) is 13.8. The molecule has 2 amide bonds. The molecule has 1 saturated carbocycles. The van der Waals surface area contributed by atoms with Crippen molar-refractivity contribution in [2.24, 2.45) is 5.92 Å². The van der Waals surface area contributed by atoms with E-state index < -0.39 is 11.7 Å². The lowest BCUT2D eigenvalue weighted by Gasteiger charge is -2.37. The van der Waals surface area contributed by atoms with Gasteiger partial charge in [-0.3, -0.25) is 9.59 Å². The molecule has 2 aliphatic heterocycles. The number of carbonyl (C=O) groups is 2. The van der Waals surface area contributed by atoms with Gasteiger partial charge in [0.1, 0.15) is 0 Å². The Hall–Kier alpha value is -2.25. The van der Waals surface area contributed by atoms with Gasteiger partial charge < -0.3 is 14.7 Å². The van der Waals surface area contributed by atoms with Crippen molar-refractivity contribution in [1.29, 1.82) is 0 Å². The average molecular weight is 409 g/mol. The summed E-state index contributed by atoms with van der Waals surface area (Å²) in [4.78, 5) is 30.8. The minimum atomic E-state index is -4.37. The smallest absolute Gasteiger partial charge is 0.368 e. The van der Waals surface area contributed by atoms with Crippen LogP contribution in [0.15, 0.2) is 24.3 Å². The summed E-state index contributed by atoms with van der Waals surface area (Å²) in [6.45, 7) is 2.41. The van der Waals surface area contributed by atoms with E-state index in [4.69, 9.17) is 0 Å². The van der Waals surface area contributed by atoms with Crippen molar-refractivity contribution in [2.75, 3.05) is 37.6 Å². The molecule has 29 heavy (non-hydrogen) atoms. The first kappa shape index (κ1) is 20.0. The molecule has 0 spiro atoms. The summed E-state index contributed by atoms with van der Waals surface area (Å²) in [7, 11) is 0. The van der Waals surface area contributed by atoms with Crippen molar-refractivity contribution >= 4 is 17.5 Å². The maximum absolute atomic E-state index is 12.9. The van der Waals surface area contributed by atoms with Crippen molar-refractivity contribution in [3.05, 3.63) is 29.8 Å². The Labute approximate surface area is 168 Å². The standard InChI is InChI=1S/C21H26F3N3O2/c22-21(23,24)16-4-3-7-18(13-16)25-8-10-26(11-9-25)20(29)15-12-19(28)27(14-15)17-5-1-2-6-17/h3-4,7,13,15,17H,1-2,5-6,8-12,14H2/t15-/m1/s1. The summed E-state index contributed by atoms with van der Waals surface area (Å²) < 4.78 is 38.8. The number of likely N-dealkylation sites (tertiary alicyclic amines) is 1. The third-order valence-corrected chi connectivity index (χ3v) is 6.40. The highest BCUT2D eigenvalue weighted by Crippen LogP contribution is 2.33. The molecule has 0 aromatic heterocycles. The zero-order valence-corrected chi connectivity index (χ0v) is 16.3. The lowest BCUT2D eigenvalue weighted by atomic mass is 10.1. The highest BCUT2D eigenvalue weighted by molar-refractivity contribution is 5.89. The van der Waals surface area contributed by atoms with Crippen LogP contribution < -0.4 is 4.90 Å². The summed E-state index contributed by atoms with van der Waals surface area (Å²) in [6.07, 6.45) is 0.261. The van der Waals surface area contributed by atoms with Gasteiger partial charge in [-0.25, -0.2) is 0 Å². The molecule has 5 nitrogen and oxygen atoms in total. The fourth-order valence-electron chi connectivity index (χ4n) is 4.79. The van der Waals surface area contributed by atoms with Crippen LogP contribution in [0.4, 0.5) is 18.9 Å². The van der Waals surface area contributed by atoms with Crippen LogP contribution in [-0.2, 0) is 15.8 Å². The Balaban J connectivity index is 1.34. The summed E-state index contributed by atoms with van der Waals surface area (Å²) >= 11 is 0. The van der Waals surface area contributed by atoms with Gasteiger partial charge in [0, 0.05) is 50.9 Å². The molecule has 1 aromatic rings. The third-order valence-electron chi connectivity index (χ3n) is 6.40. The van der Waals surface area contributed by atoms with Gasteiger partial charge in [0.15, 0.2) is 0 Å². The largest absolute Gasteiger partial charge is 0.416 e. The van der Waals surface area contributed by atoms with Crippen LogP contribution in [0.2, 0.25) is 0 Å². The lowest BCUT2D eigenvalue weighted by Crippen LogP contribution is -2.50. The molecule has 3 aliphatic rings. The molecule has 158 valence electrons. The van der Waals surface area contributed by atoms with Crippen LogP contribution in [0.5, 0.6) is 0 Å². The maximum atomic E-state index is 12.9. The zero-order chi connectivity index (χ0) is 20.6. The van der Waals surface area contributed by atoms with E-state index in [1.165, 1.54) is 6.07 Å². The minimum Gasteiger partial charge on any atom is -0.368 e. The quantitative estimate of drug-likeness (QED) is 0.771. The van der Waals surface area contributed by atoms with Gasteiger partial charge in [-0.1, -0.05) is 18.9 Å². The van der Waals surface area contributed by atoms with Crippen molar-refractivity contribution in [2.45, 2.75) is 44.3 Å². The second kappa shape index (κ2) is 7.88. The monoisotopic (exact) mass is 409 g/mol. The Kier molecular flexibility index (Phi) is 5.44. The normalized spacial score (nSPS) is 23.9. The second-order valence-corrected chi connectivity index (χ2v) is 8.25. The number of halogens is 3. The predicted molar refractivity (Wildman–Crippen MR) is 102 cm³/mol. The van der Waals surface area contributed by atoms with Gasteiger partial charge in [0.25, 0.3) is 0 Å². The maximum Gasteiger partial charge on any atom is 0.416 e. The van der Waals surface area contributed by atoms with Crippen LogP contribution >= 0.6 is 0 Å². The molecule has 2 saturated heterocycles. The number of anilines is 1. The van der Waals surface area contributed by atoms with Crippen molar-refractivity contribution in [1.82, 2.24) is 9.80 Å². The molecule has 1 aromatic carbocycles. The number of carbonyl (C=O) groups excluding carboxylic acids is 2. The predicted octanol–water partition coefficient (Wildman–Crippen LogP) is 3.15. The molecule has 8 heteroatoms. The Morgan fingerprint density at radius 1 is 1.03 bits per heavy atom. The Morgan fingerprint density at radius 2 is 1.72 bits per heavy atom. The number of nitrogens with zero attached hydrogens (tertiary/aromatic N) is 3. The van der Waals surface area contributed by atoms with Crippen LogP contribution in [-0.4, -0.2) is 60.4 Å². The fraction of sp³-hybridized carbons (Fsp3) is 0.619. The van der Waals surface area contributed by atoms with E-state index in [0.717, 1.165) is 37.8 Å².